The molecule has 1 aromatic carbocycles. The molecule has 4 heteroatoms. The van der Waals surface area contributed by atoms with Crippen LogP contribution in [0.3, 0.4) is 0 Å². The lowest BCUT2D eigenvalue weighted by Gasteiger charge is -2.17. The Labute approximate surface area is 156 Å². The second-order valence-corrected chi connectivity index (χ2v) is 6.76. The van der Waals surface area contributed by atoms with Crippen molar-refractivity contribution in [2.45, 2.75) is 60.3 Å². The number of hydrogen-bond donors (Lipinski definition) is 0. The number of unbranched alkanes of at least 4 members (excludes halogenated alkanes) is 3. The zero-order valence-electron chi connectivity index (χ0n) is 16.5. The Morgan fingerprint density at radius 2 is 1.81 bits per heavy atom. The molecule has 0 aliphatic rings. The van der Waals surface area contributed by atoms with Crippen molar-refractivity contribution in [3.63, 3.8) is 0 Å². The quantitative estimate of drug-likeness (QED) is 0.357. The van der Waals surface area contributed by atoms with E-state index < -0.39 is 0 Å². The summed E-state index contributed by atoms with van der Waals surface area (Å²) in [7, 11) is 0. The topological polar surface area (TPSA) is 48.4 Å². The molecule has 0 aliphatic heterocycles. The van der Waals surface area contributed by atoms with Crippen molar-refractivity contribution in [2.24, 2.45) is 0 Å². The molecule has 1 heterocycles. The van der Waals surface area contributed by atoms with E-state index in [9.17, 15) is 4.79 Å². The predicted octanol–water partition coefficient (Wildman–Crippen LogP) is 5.49. The van der Waals surface area contributed by atoms with E-state index in [1.165, 1.54) is 19.3 Å². The molecule has 0 saturated carbocycles. The standard InChI is InChI=1S/C22H29NO3/c1-6-7-8-9-12-25-20-13-15(2)21(18(5)17(20)4)26-22(24)19-10-11-23-14-16(19)3/h10-11,13-14H,6-9,12H2,1-5H3. The summed E-state index contributed by atoms with van der Waals surface area (Å²) in [6, 6.07) is 3.65. The third-order valence-corrected chi connectivity index (χ3v) is 4.67. The van der Waals surface area contributed by atoms with E-state index in [0.29, 0.717) is 11.3 Å². The van der Waals surface area contributed by atoms with Gasteiger partial charge in [-0.1, -0.05) is 26.2 Å². The SMILES string of the molecule is CCCCCCOc1cc(C)c(OC(=O)c2ccncc2C)c(C)c1C. The van der Waals surface area contributed by atoms with E-state index in [-0.39, 0.29) is 5.97 Å². The molecule has 140 valence electrons. The number of benzene rings is 1. The van der Waals surface area contributed by atoms with Gasteiger partial charge in [-0.25, -0.2) is 4.79 Å². The monoisotopic (exact) mass is 355 g/mol. The highest BCUT2D eigenvalue weighted by Crippen LogP contribution is 2.34. The molecular formula is C22H29NO3. The number of carbonyl (C=O) groups is 1. The smallest absolute Gasteiger partial charge is 0.343 e. The Bertz CT molecular complexity index is 768. The van der Waals surface area contributed by atoms with E-state index in [0.717, 1.165) is 41.0 Å². The molecule has 2 aromatic rings. The van der Waals surface area contributed by atoms with Crippen molar-refractivity contribution in [3.8, 4) is 11.5 Å². The molecule has 0 amide bonds. The maximum absolute atomic E-state index is 12.5. The first-order chi connectivity index (χ1) is 12.5. The van der Waals surface area contributed by atoms with Gasteiger partial charge in [-0.3, -0.25) is 4.98 Å². The molecule has 2 rings (SSSR count). The largest absolute Gasteiger partial charge is 0.493 e. The predicted molar refractivity (Wildman–Crippen MR) is 104 cm³/mol. The maximum Gasteiger partial charge on any atom is 0.343 e. The zero-order valence-corrected chi connectivity index (χ0v) is 16.5. The lowest BCUT2D eigenvalue weighted by molar-refractivity contribution is 0.0731. The number of carbonyl (C=O) groups excluding carboxylic acids is 1. The lowest BCUT2D eigenvalue weighted by atomic mass is 10.0. The van der Waals surface area contributed by atoms with Crippen molar-refractivity contribution in [3.05, 3.63) is 52.3 Å². The van der Waals surface area contributed by atoms with Gasteiger partial charge in [-0.15, -0.1) is 0 Å². The molecule has 1 aromatic heterocycles. The van der Waals surface area contributed by atoms with Crippen LogP contribution in [0.4, 0.5) is 0 Å². The highest BCUT2D eigenvalue weighted by atomic mass is 16.5. The van der Waals surface area contributed by atoms with Crippen molar-refractivity contribution < 1.29 is 14.3 Å². The van der Waals surface area contributed by atoms with Crippen LogP contribution in [0.25, 0.3) is 0 Å². The van der Waals surface area contributed by atoms with Gasteiger partial charge in [0.15, 0.2) is 0 Å². The molecule has 0 bridgehead atoms. The van der Waals surface area contributed by atoms with Crippen molar-refractivity contribution >= 4 is 5.97 Å². The van der Waals surface area contributed by atoms with Crippen molar-refractivity contribution in [2.75, 3.05) is 6.61 Å². The van der Waals surface area contributed by atoms with Crippen molar-refractivity contribution in [1.29, 1.82) is 0 Å². The van der Waals surface area contributed by atoms with Crippen LogP contribution in [-0.2, 0) is 0 Å². The summed E-state index contributed by atoms with van der Waals surface area (Å²) in [5, 5.41) is 0. The number of hydrogen-bond acceptors (Lipinski definition) is 4. The van der Waals surface area contributed by atoms with E-state index >= 15 is 0 Å². The Morgan fingerprint density at radius 1 is 1.04 bits per heavy atom. The number of ether oxygens (including phenoxy) is 2. The van der Waals surface area contributed by atoms with Gasteiger partial charge in [0.05, 0.1) is 12.2 Å². The fourth-order valence-electron chi connectivity index (χ4n) is 2.89. The lowest BCUT2D eigenvalue weighted by Crippen LogP contribution is -2.13. The fourth-order valence-corrected chi connectivity index (χ4v) is 2.89. The highest BCUT2D eigenvalue weighted by Gasteiger charge is 2.18. The minimum atomic E-state index is -0.358. The number of esters is 1. The normalized spacial score (nSPS) is 10.7. The van der Waals surface area contributed by atoms with Gasteiger partial charge in [0.2, 0.25) is 0 Å². The van der Waals surface area contributed by atoms with Gasteiger partial charge in [0.1, 0.15) is 11.5 Å². The van der Waals surface area contributed by atoms with E-state index in [1.807, 2.05) is 33.8 Å². The molecule has 0 saturated heterocycles. The number of rotatable bonds is 8. The number of aromatic nitrogens is 1. The fraction of sp³-hybridized carbons (Fsp3) is 0.455. The van der Waals surface area contributed by atoms with Crippen molar-refractivity contribution in [1.82, 2.24) is 4.98 Å². The molecule has 0 fully saturated rings. The molecule has 26 heavy (non-hydrogen) atoms. The van der Waals surface area contributed by atoms with Crippen LogP contribution in [0.2, 0.25) is 0 Å². The van der Waals surface area contributed by atoms with Crippen LogP contribution >= 0.6 is 0 Å². The Kier molecular flexibility index (Phi) is 7.19. The van der Waals surface area contributed by atoms with Gasteiger partial charge in [-0.05, 0) is 68.5 Å². The van der Waals surface area contributed by atoms with Crippen LogP contribution in [0.15, 0.2) is 24.5 Å². The molecule has 0 N–H and O–H groups in total. The van der Waals surface area contributed by atoms with Gasteiger partial charge < -0.3 is 9.47 Å². The summed E-state index contributed by atoms with van der Waals surface area (Å²) in [6.45, 7) is 10.7. The first-order valence-corrected chi connectivity index (χ1v) is 9.32. The molecule has 4 nitrogen and oxygen atoms in total. The average molecular weight is 355 g/mol. The molecule has 0 atom stereocenters. The third-order valence-electron chi connectivity index (χ3n) is 4.67. The van der Waals surface area contributed by atoms with Crippen LogP contribution < -0.4 is 9.47 Å². The first kappa shape index (κ1) is 20.0. The minimum Gasteiger partial charge on any atom is -0.493 e. The van der Waals surface area contributed by atoms with Crippen LogP contribution in [0, 0.1) is 27.7 Å². The summed E-state index contributed by atoms with van der Waals surface area (Å²) in [6.07, 6.45) is 7.97. The number of aryl methyl sites for hydroxylation is 2. The van der Waals surface area contributed by atoms with Gasteiger partial charge >= 0.3 is 5.97 Å². The average Bonchev–Trinajstić information content (AvgIpc) is 2.62. The summed E-state index contributed by atoms with van der Waals surface area (Å²) >= 11 is 0. The van der Waals surface area contributed by atoms with Gasteiger partial charge in [0.25, 0.3) is 0 Å². The number of nitrogens with zero attached hydrogens (tertiary/aromatic N) is 1. The molecule has 0 unspecified atom stereocenters. The Hall–Kier alpha value is -2.36. The van der Waals surface area contributed by atoms with Crippen LogP contribution in [-0.4, -0.2) is 17.6 Å². The molecule has 0 aliphatic carbocycles. The third kappa shape index (κ3) is 4.84. The second-order valence-electron chi connectivity index (χ2n) is 6.76. The van der Waals surface area contributed by atoms with Gasteiger partial charge in [0, 0.05) is 12.4 Å². The second kappa shape index (κ2) is 9.37. The Morgan fingerprint density at radius 3 is 2.50 bits per heavy atom. The van der Waals surface area contributed by atoms with E-state index in [2.05, 4.69) is 11.9 Å². The highest BCUT2D eigenvalue weighted by molar-refractivity contribution is 5.92. The van der Waals surface area contributed by atoms with Gasteiger partial charge in [-0.2, -0.15) is 0 Å². The van der Waals surface area contributed by atoms with Crippen LogP contribution in [0.1, 0.15) is 65.2 Å². The summed E-state index contributed by atoms with van der Waals surface area (Å²) in [5.74, 6) is 1.13. The summed E-state index contributed by atoms with van der Waals surface area (Å²) in [4.78, 5) is 16.5. The molecule has 0 spiro atoms. The summed E-state index contributed by atoms with van der Waals surface area (Å²) in [5.41, 5.74) is 4.19. The maximum atomic E-state index is 12.5. The molecular weight excluding hydrogens is 326 g/mol. The van der Waals surface area contributed by atoms with E-state index in [4.69, 9.17) is 9.47 Å². The number of pyridine rings is 1. The summed E-state index contributed by atoms with van der Waals surface area (Å²) < 4.78 is 11.7. The first-order valence-electron chi connectivity index (χ1n) is 9.32. The zero-order chi connectivity index (χ0) is 19.1. The molecule has 0 radical (unpaired) electrons. The van der Waals surface area contributed by atoms with E-state index in [1.54, 1.807) is 18.5 Å². The van der Waals surface area contributed by atoms with Crippen LogP contribution in [0.5, 0.6) is 11.5 Å². The minimum absolute atomic E-state index is 0.358. The Balaban J connectivity index is 2.14.